The minimum atomic E-state index is -4.88. The average molecular weight is 252 g/mol. The molecule has 0 aliphatic carbocycles. The Balaban J connectivity index is 3.54. The summed E-state index contributed by atoms with van der Waals surface area (Å²) in [7, 11) is 0. The van der Waals surface area contributed by atoms with Crippen molar-refractivity contribution in [2.24, 2.45) is 0 Å². The molecular formula is C10H5F5O2. The van der Waals surface area contributed by atoms with Crippen LogP contribution in [0.2, 0.25) is 0 Å². The third-order valence-electron chi connectivity index (χ3n) is 2.05. The average Bonchev–Trinajstić information content (AvgIpc) is 2.25. The van der Waals surface area contributed by atoms with Crippen molar-refractivity contribution in [3.63, 3.8) is 0 Å². The molecule has 0 radical (unpaired) electrons. The Morgan fingerprint density at radius 1 is 1.00 bits per heavy atom. The molecule has 2 nitrogen and oxygen atoms in total. The zero-order valence-electron chi connectivity index (χ0n) is 8.09. The van der Waals surface area contributed by atoms with Crippen molar-refractivity contribution in [2.45, 2.75) is 12.6 Å². The lowest BCUT2D eigenvalue weighted by Gasteiger charge is -2.12. The summed E-state index contributed by atoms with van der Waals surface area (Å²) in [5.74, 6) is 0. The highest BCUT2D eigenvalue weighted by Gasteiger charge is 2.34. The number of halogens is 5. The van der Waals surface area contributed by atoms with Crippen molar-refractivity contribution in [1.82, 2.24) is 0 Å². The van der Waals surface area contributed by atoms with Crippen LogP contribution in [0.5, 0.6) is 0 Å². The lowest BCUT2D eigenvalue weighted by molar-refractivity contribution is -0.137. The van der Waals surface area contributed by atoms with Gasteiger partial charge in [0, 0.05) is 16.7 Å². The fourth-order valence-corrected chi connectivity index (χ4v) is 1.28. The van der Waals surface area contributed by atoms with Gasteiger partial charge < -0.3 is 0 Å². The predicted octanol–water partition coefficient (Wildman–Crippen LogP) is 3.27. The van der Waals surface area contributed by atoms with E-state index in [9.17, 15) is 31.5 Å². The highest BCUT2D eigenvalue weighted by atomic mass is 19.4. The van der Waals surface area contributed by atoms with Gasteiger partial charge in [-0.2, -0.15) is 13.2 Å². The van der Waals surface area contributed by atoms with Crippen LogP contribution in [0.3, 0.4) is 0 Å². The summed E-state index contributed by atoms with van der Waals surface area (Å²) < 4.78 is 62.1. The normalized spacial score (nSPS) is 11.6. The van der Waals surface area contributed by atoms with Gasteiger partial charge in [-0.15, -0.1) is 0 Å². The molecule has 0 saturated heterocycles. The highest BCUT2D eigenvalue weighted by molar-refractivity contribution is 5.84. The highest BCUT2D eigenvalue weighted by Crippen LogP contribution is 2.34. The molecule has 7 heteroatoms. The van der Waals surface area contributed by atoms with Gasteiger partial charge in [0.25, 0.3) is 6.43 Å². The van der Waals surface area contributed by atoms with Gasteiger partial charge in [0.1, 0.15) is 0 Å². The second-order valence-corrected chi connectivity index (χ2v) is 3.10. The van der Waals surface area contributed by atoms with Gasteiger partial charge in [-0.3, -0.25) is 9.59 Å². The number of hydrogen-bond acceptors (Lipinski definition) is 2. The molecule has 0 bridgehead atoms. The molecule has 0 amide bonds. The van der Waals surface area contributed by atoms with Gasteiger partial charge in [0.2, 0.25) is 0 Å². The monoisotopic (exact) mass is 252 g/mol. The van der Waals surface area contributed by atoms with E-state index < -0.39 is 34.9 Å². The van der Waals surface area contributed by atoms with Crippen molar-refractivity contribution in [2.75, 3.05) is 0 Å². The van der Waals surface area contributed by atoms with Crippen molar-refractivity contribution >= 4 is 12.6 Å². The number of hydrogen-bond donors (Lipinski definition) is 0. The first-order valence-electron chi connectivity index (χ1n) is 4.25. The molecule has 17 heavy (non-hydrogen) atoms. The third-order valence-corrected chi connectivity index (χ3v) is 2.05. The lowest BCUT2D eigenvalue weighted by Crippen LogP contribution is -2.11. The second-order valence-electron chi connectivity index (χ2n) is 3.10. The van der Waals surface area contributed by atoms with E-state index in [1.165, 1.54) is 0 Å². The van der Waals surface area contributed by atoms with E-state index in [0.29, 0.717) is 6.07 Å². The van der Waals surface area contributed by atoms with Crippen molar-refractivity contribution in [3.8, 4) is 0 Å². The van der Waals surface area contributed by atoms with E-state index in [0.717, 1.165) is 0 Å². The Morgan fingerprint density at radius 3 is 1.88 bits per heavy atom. The maximum absolute atomic E-state index is 12.4. The number of rotatable bonds is 3. The summed E-state index contributed by atoms with van der Waals surface area (Å²) in [4.78, 5) is 20.8. The molecule has 0 atom stereocenters. The number of benzene rings is 1. The van der Waals surface area contributed by atoms with Gasteiger partial charge in [-0.1, -0.05) is 0 Å². The second kappa shape index (κ2) is 4.60. The minimum absolute atomic E-state index is 0.106. The van der Waals surface area contributed by atoms with Crippen LogP contribution in [0.4, 0.5) is 22.0 Å². The first kappa shape index (κ1) is 13.3. The van der Waals surface area contributed by atoms with E-state index in [1.807, 2.05) is 0 Å². The first-order chi connectivity index (χ1) is 7.81. The fourth-order valence-electron chi connectivity index (χ4n) is 1.28. The molecule has 92 valence electrons. The van der Waals surface area contributed by atoms with Crippen molar-refractivity contribution < 1.29 is 31.5 Å². The molecule has 0 N–H and O–H groups in total. The largest absolute Gasteiger partial charge is 0.417 e. The number of carbonyl (C=O) groups is 2. The molecule has 0 aliphatic rings. The van der Waals surface area contributed by atoms with Crippen LogP contribution in [0.1, 0.15) is 38.3 Å². The quantitative estimate of drug-likeness (QED) is 0.611. The lowest BCUT2D eigenvalue weighted by atomic mass is 9.99. The minimum Gasteiger partial charge on any atom is -0.298 e. The number of carbonyl (C=O) groups excluding carboxylic acids is 2. The van der Waals surface area contributed by atoms with E-state index in [4.69, 9.17) is 0 Å². The number of alkyl halides is 5. The molecule has 1 aromatic rings. The Morgan fingerprint density at radius 2 is 1.53 bits per heavy atom. The van der Waals surface area contributed by atoms with Crippen LogP contribution in [0.25, 0.3) is 0 Å². The summed E-state index contributed by atoms with van der Waals surface area (Å²) in [6.45, 7) is 0. The van der Waals surface area contributed by atoms with Crippen LogP contribution in [0, 0.1) is 0 Å². The molecule has 0 spiro atoms. The molecule has 0 aliphatic heterocycles. The predicted molar refractivity (Wildman–Crippen MR) is 47.2 cm³/mol. The maximum Gasteiger partial charge on any atom is 0.417 e. The molecule has 0 fully saturated rings. The van der Waals surface area contributed by atoms with Crippen molar-refractivity contribution in [1.29, 1.82) is 0 Å². The van der Waals surface area contributed by atoms with Crippen LogP contribution >= 0.6 is 0 Å². The SMILES string of the molecule is O=Cc1cc(C(F)(F)F)c(C=O)cc1C(F)F. The van der Waals surface area contributed by atoms with E-state index in [1.54, 1.807) is 0 Å². The molecular weight excluding hydrogens is 247 g/mol. The van der Waals surface area contributed by atoms with Gasteiger partial charge >= 0.3 is 6.18 Å². The standard InChI is InChI=1S/C10H5F5O2/c11-9(12)7-1-6(4-17)8(10(13,14)15)2-5(7)3-16/h1-4,9H. The fraction of sp³-hybridized carbons (Fsp3) is 0.200. The molecule has 0 saturated carbocycles. The van der Waals surface area contributed by atoms with Crippen LogP contribution in [0.15, 0.2) is 12.1 Å². The molecule has 1 rings (SSSR count). The van der Waals surface area contributed by atoms with Crippen LogP contribution < -0.4 is 0 Å². The van der Waals surface area contributed by atoms with Gasteiger partial charge in [-0.05, 0) is 12.1 Å². The summed E-state index contributed by atoms with van der Waals surface area (Å²) in [5, 5.41) is 0. The van der Waals surface area contributed by atoms with Gasteiger partial charge in [-0.25, -0.2) is 8.78 Å². The smallest absolute Gasteiger partial charge is 0.298 e. The summed E-state index contributed by atoms with van der Waals surface area (Å²) in [6, 6.07) is 0.627. The summed E-state index contributed by atoms with van der Waals surface area (Å²) >= 11 is 0. The van der Waals surface area contributed by atoms with Gasteiger partial charge in [0.15, 0.2) is 12.6 Å². The molecule has 1 aromatic carbocycles. The van der Waals surface area contributed by atoms with Crippen molar-refractivity contribution in [3.05, 3.63) is 34.4 Å². The van der Waals surface area contributed by atoms with Crippen LogP contribution in [-0.4, -0.2) is 12.6 Å². The van der Waals surface area contributed by atoms with E-state index in [2.05, 4.69) is 0 Å². The van der Waals surface area contributed by atoms with Gasteiger partial charge in [0.05, 0.1) is 5.56 Å². The Kier molecular flexibility index (Phi) is 3.59. The van der Waals surface area contributed by atoms with E-state index >= 15 is 0 Å². The summed E-state index contributed by atoms with van der Waals surface area (Å²) in [6.07, 6.45) is -8.29. The zero-order valence-corrected chi connectivity index (χ0v) is 8.09. The number of aldehydes is 2. The maximum atomic E-state index is 12.4. The zero-order chi connectivity index (χ0) is 13.2. The van der Waals surface area contributed by atoms with E-state index in [-0.39, 0.29) is 18.6 Å². The van der Waals surface area contributed by atoms with Crippen LogP contribution in [-0.2, 0) is 6.18 Å². The Hall–Kier alpha value is -1.79. The molecule has 0 unspecified atom stereocenters. The third kappa shape index (κ3) is 2.66. The Labute approximate surface area is 92.0 Å². The molecule has 0 aromatic heterocycles. The molecule has 0 heterocycles. The topological polar surface area (TPSA) is 34.1 Å². The summed E-state index contributed by atoms with van der Waals surface area (Å²) in [5.41, 5.74) is -3.99. The Bertz CT molecular complexity index is 451. The first-order valence-corrected chi connectivity index (χ1v) is 4.25.